The number of rotatable bonds is 4. The Morgan fingerprint density at radius 3 is 2.43 bits per heavy atom. The largest absolute Gasteiger partial charge is 0.481 e. The number of carboxylic acid groups (broad SMARTS) is 1. The Morgan fingerprint density at radius 2 is 1.74 bits per heavy atom. The number of aliphatic carboxylic acids is 1. The first-order valence-corrected chi connectivity index (χ1v) is 8.80. The lowest BCUT2D eigenvalue weighted by atomic mass is 9.92. The van der Waals surface area contributed by atoms with E-state index in [4.69, 9.17) is 0 Å². The van der Waals surface area contributed by atoms with Gasteiger partial charge in [0.2, 0.25) is 10.0 Å². The predicted octanol–water partition coefficient (Wildman–Crippen LogP) is 2.45. The van der Waals surface area contributed by atoms with Gasteiger partial charge in [-0.15, -0.1) is 0 Å². The molecular formula is C17H17NO4S. The number of benzene rings is 2. The van der Waals surface area contributed by atoms with E-state index in [0.29, 0.717) is 6.42 Å². The molecule has 6 heteroatoms. The lowest BCUT2D eigenvalue weighted by molar-refractivity contribution is -0.138. The number of nitrogens with zero attached hydrogens (tertiary/aromatic N) is 1. The van der Waals surface area contributed by atoms with Gasteiger partial charge in [-0.1, -0.05) is 42.5 Å². The van der Waals surface area contributed by atoms with E-state index < -0.39 is 22.0 Å². The summed E-state index contributed by atoms with van der Waals surface area (Å²) in [6, 6.07) is 14.9. The Bertz CT molecular complexity index is 817. The zero-order valence-corrected chi connectivity index (χ0v) is 13.2. The molecule has 0 bridgehead atoms. The highest BCUT2D eigenvalue weighted by Gasteiger charge is 2.37. The Labute approximate surface area is 135 Å². The van der Waals surface area contributed by atoms with Crippen molar-refractivity contribution in [2.75, 3.05) is 6.54 Å². The second-order valence-corrected chi connectivity index (χ2v) is 7.38. The highest BCUT2D eigenvalue weighted by molar-refractivity contribution is 7.89. The summed E-state index contributed by atoms with van der Waals surface area (Å²) in [6.07, 6.45) is 0.335. The van der Waals surface area contributed by atoms with E-state index in [1.54, 1.807) is 18.2 Å². The van der Waals surface area contributed by atoms with E-state index in [1.807, 2.05) is 24.3 Å². The molecule has 1 aliphatic rings. The molecule has 5 nitrogen and oxygen atoms in total. The first kappa shape index (κ1) is 15.7. The van der Waals surface area contributed by atoms with Crippen molar-refractivity contribution in [3.8, 4) is 0 Å². The van der Waals surface area contributed by atoms with Gasteiger partial charge in [0.05, 0.1) is 17.4 Å². The number of carboxylic acids is 1. The summed E-state index contributed by atoms with van der Waals surface area (Å²) in [5, 5.41) is 9.22. The maximum absolute atomic E-state index is 12.9. The molecule has 2 aromatic rings. The van der Waals surface area contributed by atoms with Gasteiger partial charge in [-0.2, -0.15) is 4.31 Å². The minimum absolute atomic E-state index is 0.190. The molecule has 0 saturated carbocycles. The van der Waals surface area contributed by atoms with Crippen LogP contribution in [0.4, 0.5) is 0 Å². The highest BCUT2D eigenvalue weighted by Crippen LogP contribution is 2.36. The molecule has 0 spiro atoms. The van der Waals surface area contributed by atoms with Crippen LogP contribution in [-0.2, 0) is 21.2 Å². The smallest absolute Gasteiger partial charge is 0.305 e. The summed E-state index contributed by atoms with van der Waals surface area (Å²) in [5.74, 6) is -1.01. The fourth-order valence-electron chi connectivity index (χ4n) is 3.02. The third-order valence-electron chi connectivity index (χ3n) is 4.08. The van der Waals surface area contributed by atoms with E-state index in [-0.39, 0.29) is 17.9 Å². The minimum Gasteiger partial charge on any atom is -0.481 e. The normalized spacial score (nSPS) is 18.3. The van der Waals surface area contributed by atoms with Crippen molar-refractivity contribution >= 4 is 16.0 Å². The first-order valence-electron chi connectivity index (χ1n) is 7.36. The number of hydrogen-bond donors (Lipinski definition) is 1. The third-order valence-corrected chi connectivity index (χ3v) is 6.00. The van der Waals surface area contributed by atoms with Crippen LogP contribution in [0.2, 0.25) is 0 Å². The fraction of sp³-hybridized carbons (Fsp3) is 0.235. The Kier molecular flexibility index (Phi) is 4.19. The van der Waals surface area contributed by atoms with E-state index in [0.717, 1.165) is 11.1 Å². The molecule has 23 heavy (non-hydrogen) atoms. The summed E-state index contributed by atoms with van der Waals surface area (Å²) in [5.41, 5.74) is 1.79. The lowest BCUT2D eigenvalue weighted by Crippen LogP contribution is -2.40. The molecule has 3 rings (SSSR count). The molecule has 0 aliphatic carbocycles. The van der Waals surface area contributed by atoms with Gasteiger partial charge in [0.15, 0.2) is 0 Å². The van der Waals surface area contributed by atoms with Crippen LogP contribution in [0, 0.1) is 0 Å². The van der Waals surface area contributed by atoms with Crippen molar-refractivity contribution in [3.05, 3.63) is 65.7 Å². The second-order valence-electron chi connectivity index (χ2n) is 5.49. The van der Waals surface area contributed by atoms with Crippen LogP contribution >= 0.6 is 0 Å². The average molecular weight is 331 g/mol. The molecule has 1 aliphatic heterocycles. The van der Waals surface area contributed by atoms with Gasteiger partial charge in [0.25, 0.3) is 0 Å². The topological polar surface area (TPSA) is 74.7 Å². The maximum Gasteiger partial charge on any atom is 0.305 e. The standard InChI is InChI=1S/C17H17NO4S/c19-17(20)12-16-15-9-5-4-6-13(15)10-11-18(16)23(21,22)14-7-2-1-3-8-14/h1-9,16H,10-12H2,(H,19,20)/t16-/m1/s1. The second kappa shape index (κ2) is 6.14. The van der Waals surface area contributed by atoms with Crippen LogP contribution in [0.1, 0.15) is 23.6 Å². The van der Waals surface area contributed by atoms with Gasteiger partial charge in [-0.25, -0.2) is 8.42 Å². The van der Waals surface area contributed by atoms with Crippen molar-refractivity contribution in [3.63, 3.8) is 0 Å². The Balaban J connectivity index is 2.06. The van der Waals surface area contributed by atoms with Gasteiger partial charge >= 0.3 is 5.97 Å². The molecule has 0 radical (unpaired) electrons. The fourth-order valence-corrected chi connectivity index (χ4v) is 4.65. The van der Waals surface area contributed by atoms with Crippen LogP contribution in [0.5, 0.6) is 0 Å². The highest BCUT2D eigenvalue weighted by atomic mass is 32.2. The molecule has 2 aromatic carbocycles. The van der Waals surface area contributed by atoms with Crippen LogP contribution in [0.3, 0.4) is 0 Å². The summed E-state index contributed by atoms with van der Waals surface area (Å²) >= 11 is 0. The summed E-state index contributed by atoms with van der Waals surface area (Å²) < 4.78 is 27.2. The van der Waals surface area contributed by atoms with Gasteiger partial charge in [-0.05, 0) is 29.7 Å². The van der Waals surface area contributed by atoms with Gasteiger partial charge in [0.1, 0.15) is 0 Å². The molecule has 0 unspecified atom stereocenters. The molecule has 0 saturated heterocycles. The molecule has 1 atom stereocenters. The van der Waals surface area contributed by atoms with Crippen molar-refractivity contribution in [2.24, 2.45) is 0 Å². The summed E-state index contributed by atoms with van der Waals surface area (Å²) in [4.78, 5) is 11.5. The third kappa shape index (κ3) is 3.00. The number of hydrogen-bond acceptors (Lipinski definition) is 3. The SMILES string of the molecule is O=C(O)C[C@@H]1c2ccccc2CCN1S(=O)(=O)c1ccccc1. The van der Waals surface area contributed by atoms with Crippen molar-refractivity contribution in [1.29, 1.82) is 0 Å². The van der Waals surface area contributed by atoms with Crippen LogP contribution in [0.15, 0.2) is 59.5 Å². The quantitative estimate of drug-likeness (QED) is 0.934. The maximum atomic E-state index is 12.9. The zero-order valence-electron chi connectivity index (χ0n) is 12.4. The molecule has 120 valence electrons. The number of sulfonamides is 1. The lowest BCUT2D eigenvalue weighted by Gasteiger charge is -2.35. The van der Waals surface area contributed by atoms with Crippen LogP contribution in [-0.4, -0.2) is 30.3 Å². The first-order chi connectivity index (χ1) is 11.0. The molecule has 0 aromatic heterocycles. The molecule has 0 fully saturated rings. The van der Waals surface area contributed by atoms with Crippen molar-refractivity contribution in [1.82, 2.24) is 4.31 Å². The zero-order chi connectivity index (χ0) is 16.4. The van der Waals surface area contributed by atoms with Crippen molar-refractivity contribution in [2.45, 2.75) is 23.8 Å². The van der Waals surface area contributed by atoms with E-state index >= 15 is 0 Å². The van der Waals surface area contributed by atoms with Crippen LogP contribution < -0.4 is 0 Å². The Hall–Kier alpha value is -2.18. The van der Waals surface area contributed by atoms with Gasteiger partial charge in [-0.3, -0.25) is 4.79 Å². The predicted molar refractivity (Wildman–Crippen MR) is 85.5 cm³/mol. The molecule has 1 heterocycles. The van der Waals surface area contributed by atoms with E-state index in [2.05, 4.69) is 0 Å². The number of fused-ring (bicyclic) bond motifs is 1. The molecule has 0 amide bonds. The van der Waals surface area contributed by atoms with E-state index in [9.17, 15) is 18.3 Å². The number of carbonyl (C=O) groups is 1. The monoisotopic (exact) mass is 331 g/mol. The van der Waals surface area contributed by atoms with Crippen LogP contribution in [0.25, 0.3) is 0 Å². The minimum atomic E-state index is -3.73. The summed E-state index contributed by atoms with van der Waals surface area (Å²) in [6.45, 7) is 0.284. The summed E-state index contributed by atoms with van der Waals surface area (Å²) in [7, 11) is -3.73. The molecular weight excluding hydrogens is 314 g/mol. The van der Waals surface area contributed by atoms with Gasteiger partial charge in [0, 0.05) is 6.54 Å². The van der Waals surface area contributed by atoms with E-state index in [1.165, 1.54) is 16.4 Å². The molecule has 1 N–H and O–H groups in total. The Morgan fingerprint density at radius 1 is 1.09 bits per heavy atom. The van der Waals surface area contributed by atoms with Crippen molar-refractivity contribution < 1.29 is 18.3 Å². The average Bonchev–Trinajstić information content (AvgIpc) is 2.55. The van der Waals surface area contributed by atoms with Gasteiger partial charge < -0.3 is 5.11 Å².